The molecule has 3 nitrogen and oxygen atoms in total. The maximum Gasteiger partial charge on any atom is 0.417 e. The summed E-state index contributed by atoms with van der Waals surface area (Å²) in [6, 6.07) is 65.6. The van der Waals surface area contributed by atoms with Crippen LogP contribution in [-0.2, 0) is 6.18 Å². The summed E-state index contributed by atoms with van der Waals surface area (Å²) in [4.78, 5) is 9.59. The van der Waals surface area contributed by atoms with Gasteiger partial charge in [-0.2, -0.15) is 13.2 Å². The standard InChI is InChI=1S/C66H44F3N3/c1-39-10-8-13-46(32-39)63-54-25-21-44(35-58(54)64(56-33-40(2)18-19-41(56)3)65-55(63)16-9-17-59(65)66(67,68)69)49-26-27-50(52-15-7-6-14-51(49)52)47-22-28-60(71-37-47)45-23-29-61-57(36-45)53-30-31-70-38-62(53)72(61)48-24-20-42-11-4-5-12-43(42)34-48/h4-38H,1-3H3. The largest absolute Gasteiger partial charge is 0.417 e. The second-order valence-electron chi connectivity index (χ2n) is 19.1. The highest BCUT2D eigenvalue weighted by Gasteiger charge is 2.35. The summed E-state index contributed by atoms with van der Waals surface area (Å²) in [7, 11) is 0. The van der Waals surface area contributed by atoms with Gasteiger partial charge in [-0.1, -0.05) is 157 Å². The molecule has 10 aromatic carbocycles. The van der Waals surface area contributed by atoms with Crippen LogP contribution in [0.4, 0.5) is 13.2 Å². The normalized spacial score (nSPS) is 12.0. The number of benzene rings is 10. The number of halogens is 3. The van der Waals surface area contributed by atoms with E-state index >= 15 is 13.2 Å². The highest BCUT2D eigenvalue weighted by molar-refractivity contribution is 6.23. The first-order valence-electron chi connectivity index (χ1n) is 24.2. The van der Waals surface area contributed by atoms with Gasteiger partial charge >= 0.3 is 6.18 Å². The van der Waals surface area contributed by atoms with Crippen LogP contribution in [0, 0.1) is 20.8 Å². The lowest BCUT2D eigenvalue weighted by atomic mass is 9.81. The van der Waals surface area contributed by atoms with Crippen molar-refractivity contribution in [1.29, 1.82) is 0 Å². The average molecular weight is 936 g/mol. The molecule has 6 heteroatoms. The third-order valence-electron chi connectivity index (χ3n) is 14.6. The van der Waals surface area contributed by atoms with Gasteiger partial charge in [-0.15, -0.1) is 0 Å². The minimum absolute atomic E-state index is 0.209. The fraction of sp³-hybridized carbons (Fsp3) is 0.0606. The van der Waals surface area contributed by atoms with Crippen molar-refractivity contribution in [2.45, 2.75) is 26.9 Å². The Kier molecular flexibility index (Phi) is 9.98. The van der Waals surface area contributed by atoms with Gasteiger partial charge in [0.25, 0.3) is 0 Å². The van der Waals surface area contributed by atoms with Gasteiger partial charge < -0.3 is 4.57 Å². The van der Waals surface area contributed by atoms with Crippen molar-refractivity contribution in [1.82, 2.24) is 14.5 Å². The Morgan fingerprint density at radius 1 is 0.417 bits per heavy atom. The van der Waals surface area contributed by atoms with E-state index in [0.29, 0.717) is 10.9 Å². The van der Waals surface area contributed by atoms with Gasteiger partial charge in [-0.05, 0) is 152 Å². The van der Waals surface area contributed by atoms with E-state index in [1.54, 1.807) is 6.07 Å². The zero-order valence-corrected chi connectivity index (χ0v) is 39.7. The molecule has 344 valence electrons. The van der Waals surface area contributed by atoms with Crippen molar-refractivity contribution in [2.75, 3.05) is 0 Å². The number of aromatic nitrogens is 3. The Labute approximate surface area is 414 Å². The molecule has 0 radical (unpaired) electrons. The van der Waals surface area contributed by atoms with Crippen molar-refractivity contribution < 1.29 is 13.2 Å². The zero-order chi connectivity index (χ0) is 48.8. The van der Waals surface area contributed by atoms with Gasteiger partial charge in [-0.25, -0.2) is 0 Å². The molecule has 0 bridgehead atoms. The number of pyridine rings is 2. The molecule has 13 aromatic rings. The number of nitrogens with zero attached hydrogens (tertiary/aromatic N) is 3. The Morgan fingerprint density at radius 2 is 1.14 bits per heavy atom. The molecule has 0 amide bonds. The number of hydrogen-bond donors (Lipinski definition) is 0. The molecule has 0 aliphatic carbocycles. The first kappa shape index (κ1) is 43.2. The minimum atomic E-state index is -4.59. The topological polar surface area (TPSA) is 30.7 Å². The molecule has 0 saturated carbocycles. The van der Waals surface area contributed by atoms with Gasteiger partial charge in [0.15, 0.2) is 0 Å². The molecule has 0 unspecified atom stereocenters. The molecule has 13 rings (SSSR count). The molecule has 0 fully saturated rings. The lowest BCUT2D eigenvalue weighted by molar-refractivity contribution is -0.136. The van der Waals surface area contributed by atoms with Crippen LogP contribution in [0.1, 0.15) is 22.3 Å². The summed E-state index contributed by atoms with van der Waals surface area (Å²) in [5, 5.41) is 9.15. The highest BCUT2D eigenvalue weighted by Crippen LogP contribution is 2.50. The van der Waals surface area contributed by atoms with Gasteiger partial charge in [0.05, 0.1) is 28.5 Å². The maximum absolute atomic E-state index is 15.4. The molecule has 72 heavy (non-hydrogen) atoms. The van der Waals surface area contributed by atoms with E-state index in [4.69, 9.17) is 4.98 Å². The lowest BCUT2D eigenvalue weighted by Gasteiger charge is -2.23. The van der Waals surface area contributed by atoms with Crippen LogP contribution in [-0.4, -0.2) is 14.5 Å². The summed E-state index contributed by atoms with van der Waals surface area (Å²) in [6.07, 6.45) is 1.15. The molecule has 0 N–H and O–H groups in total. The van der Waals surface area contributed by atoms with Crippen LogP contribution in [0.5, 0.6) is 0 Å². The van der Waals surface area contributed by atoms with Crippen molar-refractivity contribution in [3.05, 3.63) is 235 Å². The zero-order valence-electron chi connectivity index (χ0n) is 39.7. The third kappa shape index (κ3) is 7.04. The van der Waals surface area contributed by atoms with Crippen LogP contribution in [0.25, 0.3) is 126 Å². The smallest absolute Gasteiger partial charge is 0.308 e. The Morgan fingerprint density at radius 3 is 1.93 bits per heavy atom. The van der Waals surface area contributed by atoms with Crippen molar-refractivity contribution in [3.8, 4) is 61.5 Å². The summed E-state index contributed by atoms with van der Waals surface area (Å²) in [5.41, 5.74) is 14.3. The number of fused-ring (bicyclic) bond motifs is 7. The van der Waals surface area contributed by atoms with Crippen LogP contribution in [0.2, 0.25) is 0 Å². The molecule has 3 aromatic heterocycles. The van der Waals surface area contributed by atoms with Crippen molar-refractivity contribution in [3.63, 3.8) is 0 Å². The van der Waals surface area contributed by atoms with Crippen LogP contribution < -0.4 is 0 Å². The number of aryl methyl sites for hydroxylation is 3. The maximum atomic E-state index is 15.4. The van der Waals surface area contributed by atoms with Gasteiger partial charge in [-0.3, -0.25) is 9.97 Å². The molecule has 0 atom stereocenters. The predicted molar refractivity (Wildman–Crippen MR) is 293 cm³/mol. The summed E-state index contributed by atoms with van der Waals surface area (Å²) >= 11 is 0. The van der Waals surface area contributed by atoms with E-state index in [1.165, 1.54) is 16.8 Å². The molecule has 0 aliphatic heterocycles. The quantitative estimate of drug-likeness (QED) is 0.156. The molecule has 3 heterocycles. The van der Waals surface area contributed by atoms with Crippen LogP contribution in [0.3, 0.4) is 0 Å². The van der Waals surface area contributed by atoms with Crippen molar-refractivity contribution >= 4 is 64.9 Å². The summed E-state index contributed by atoms with van der Waals surface area (Å²) in [5.74, 6) is 0. The van der Waals surface area contributed by atoms with Gasteiger partial charge in [0, 0.05) is 45.4 Å². The third-order valence-corrected chi connectivity index (χ3v) is 14.6. The Bertz CT molecular complexity index is 4350. The van der Waals surface area contributed by atoms with E-state index in [2.05, 4.69) is 143 Å². The molecule has 0 spiro atoms. The minimum Gasteiger partial charge on any atom is -0.308 e. The van der Waals surface area contributed by atoms with Gasteiger partial charge in [0.2, 0.25) is 0 Å². The monoisotopic (exact) mass is 935 g/mol. The van der Waals surface area contributed by atoms with Crippen LogP contribution >= 0.6 is 0 Å². The molecular weight excluding hydrogens is 892 g/mol. The van der Waals surface area contributed by atoms with Crippen LogP contribution in [0.15, 0.2) is 213 Å². The molecule has 0 aliphatic rings. The second kappa shape index (κ2) is 16.6. The lowest BCUT2D eigenvalue weighted by Crippen LogP contribution is -2.07. The summed E-state index contributed by atoms with van der Waals surface area (Å²) in [6.45, 7) is 5.99. The predicted octanol–water partition coefficient (Wildman–Crippen LogP) is 18.5. The van der Waals surface area contributed by atoms with E-state index in [9.17, 15) is 0 Å². The van der Waals surface area contributed by atoms with E-state index in [1.807, 2.05) is 87.9 Å². The van der Waals surface area contributed by atoms with E-state index in [0.717, 1.165) is 116 Å². The second-order valence-corrected chi connectivity index (χ2v) is 19.1. The highest BCUT2D eigenvalue weighted by atomic mass is 19.4. The Balaban J connectivity index is 0.943. The Hall–Kier alpha value is -8.87. The summed E-state index contributed by atoms with van der Waals surface area (Å²) < 4.78 is 48.5. The number of hydrogen-bond acceptors (Lipinski definition) is 2. The molecule has 0 saturated heterocycles. The van der Waals surface area contributed by atoms with Gasteiger partial charge in [0.1, 0.15) is 0 Å². The number of rotatable bonds is 6. The van der Waals surface area contributed by atoms with E-state index < -0.39 is 11.7 Å². The first-order chi connectivity index (χ1) is 35.1. The SMILES string of the molecule is Cc1cccc(-c2c3ccc(-c4ccc(-c5ccc(-c6ccc7c(c6)c6ccncc6n7-c6ccc7ccccc7c6)nc5)c5ccccc45)cc3c(-c3cc(C)ccc3C)c3c(C(F)(F)F)cccc23)c1. The first-order valence-corrected chi connectivity index (χ1v) is 24.2. The number of alkyl halides is 3. The van der Waals surface area contributed by atoms with Crippen molar-refractivity contribution in [2.24, 2.45) is 0 Å². The molecular formula is C66H44F3N3. The average Bonchev–Trinajstić information content (AvgIpc) is 3.73. The fourth-order valence-corrected chi connectivity index (χ4v) is 11.2. The van der Waals surface area contributed by atoms with E-state index in [-0.39, 0.29) is 5.39 Å². The fourth-order valence-electron chi connectivity index (χ4n) is 11.2.